The van der Waals surface area contributed by atoms with Crippen LogP contribution < -0.4 is 10.1 Å². The predicted octanol–water partition coefficient (Wildman–Crippen LogP) is 3.38. The van der Waals surface area contributed by atoms with Crippen LogP contribution in [0.5, 0.6) is 5.88 Å². The van der Waals surface area contributed by atoms with E-state index >= 15 is 0 Å². The summed E-state index contributed by atoms with van der Waals surface area (Å²) < 4.78 is 7.19. The van der Waals surface area contributed by atoms with Crippen LogP contribution in [0.3, 0.4) is 0 Å². The molecule has 1 aromatic carbocycles. The van der Waals surface area contributed by atoms with Crippen LogP contribution in [-0.4, -0.2) is 23.1 Å². The van der Waals surface area contributed by atoms with Gasteiger partial charge >= 0.3 is 0 Å². The molecule has 2 aliphatic rings. The first kappa shape index (κ1) is 15.1. The van der Waals surface area contributed by atoms with Gasteiger partial charge in [-0.3, -0.25) is 0 Å². The van der Waals surface area contributed by atoms with Gasteiger partial charge in [-0.25, -0.2) is 4.98 Å². The minimum absolute atomic E-state index is 0.542. The molecule has 4 rings (SSSR count). The molecule has 1 saturated carbocycles. The van der Waals surface area contributed by atoms with Crippen LogP contribution >= 0.6 is 15.9 Å². The van der Waals surface area contributed by atoms with Gasteiger partial charge in [-0.15, -0.1) is 0 Å². The monoisotopic (exact) mass is 373 g/mol. The van der Waals surface area contributed by atoms with Gasteiger partial charge in [0.2, 0.25) is 5.88 Å². The Bertz CT molecular complexity index is 715. The highest BCUT2D eigenvalue weighted by Gasteiger charge is 2.29. The van der Waals surface area contributed by atoms with Crippen LogP contribution in [-0.2, 0) is 19.4 Å². The number of fused-ring (bicyclic) bond motifs is 1. The van der Waals surface area contributed by atoms with Crippen LogP contribution in [0.25, 0.3) is 0 Å². The van der Waals surface area contributed by atoms with Crippen LogP contribution in [0.1, 0.15) is 41.4 Å². The number of nitrogens with one attached hydrogen (secondary N) is 1. The summed E-state index contributed by atoms with van der Waals surface area (Å²) in [7, 11) is 0. The van der Waals surface area contributed by atoms with E-state index < -0.39 is 0 Å². The average Bonchev–Trinajstić information content (AvgIpc) is 3.38. The molecule has 23 heavy (non-hydrogen) atoms. The number of nitrogens with zero attached hydrogens (tertiary/aromatic N) is 2. The molecular formula is C18H20BrN3O. The van der Waals surface area contributed by atoms with Crippen molar-refractivity contribution in [2.45, 2.75) is 38.2 Å². The fourth-order valence-corrected chi connectivity index (χ4v) is 3.40. The Hall–Kier alpha value is -1.46. The Morgan fingerprint density at radius 1 is 1.17 bits per heavy atom. The maximum Gasteiger partial charge on any atom is 0.220 e. The molecule has 1 N–H and O–H groups in total. The lowest BCUT2D eigenvalue weighted by Crippen LogP contribution is -2.16. The highest BCUT2D eigenvalue weighted by Crippen LogP contribution is 2.39. The van der Waals surface area contributed by atoms with Gasteiger partial charge in [-0.1, -0.05) is 28.1 Å². The fourth-order valence-electron chi connectivity index (χ4n) is 2.95. The SMILES string of the molecule is Brc1cccc(COc2nc(C3CC3)nc3c2CCNCC3)c1. The van der Waals surface area contributed by atoms with Crippen molar-refractivity contribution < 1.29 is 4.74 Å². The Balaban J connectivity index is 1.61. The largest absolute Gasteiger partial charge is 0.473 e. The highest BCUT2D eigenvalue weighted by molar-refractivity contribution is 9.10. The molecule has 5 heteroatoms. The zero-order valence-corrected chi connectivity index (χ0v) is 14.6. The molecule has 0 saturated heterocycles. The molecule has 0 amide bonds. The summed E-state index contributed by atoms with van der Waals surface area (Å²) in [4.78, 5) is 9.58. The number of aromatic nitrogens is 2. The third-order valence-corrected chi connectivity index (χ3v) is 4.86. The van der Waals surface area contributed by atoms with Gasteiger partial charge in [0.15, 0.2) is 0 Å². The van der Waals surface area contributed by atoms with Gasteiger partial charge in [0.1, 0.15) is 12.4 Å². The molecule has 1 aromatic heterocycles. The molecule has 1 fully saturated rings. The minimum atomic E-state index is 0.542. The second-order valence-electron chi connectivity index (χ2n) is 6.26. The van der Waals surface area contributed by atoms with Crippen molar-refractivity contribution >= 4 is 15.9 Å². The molecule has 4 nitrogen and oxygen atoms in total. The van der Waals surface area contributed by atoms with Gasteiger partial charge in [0.25, 0.3) is 0 Å². The highest BCUT2D eigenvalue weighted by atomic mass is 79.9. The Morgan fingerprint density at radius 2 is 2.04 bits per heavy atom. The number of hydrogen-bond acceptors (Lipinski definition) is 4. The summed E-state index contributed by atoms with van der Waals surface area (Å²) in [5, 5.41) is 3.44. The number of hydrogen-bond donors (Lipinski definition) is 1. The molecule has 0 bridgehead atoms. The van der Waals surface area contributed by atoms with E-state index in [2.05, 4.69) is 33.4 Å². The van der Waals surface area contributed by atoms with Crippen LogP contribution in [0.15, 0.2) is 28.7 Å². The van der Waals surface area contributed by atoms with Gasteiger partial charge in [0, 0.05) is 28.9 Å². The zero-order chi connectivity index (χ0) is 15.6. The molecule has 0 unspecified atom stereocenters. The Labute approximate surface area is 144 Å². The van der Waals surface area contributed by atoms with E-state index in [9.17, 15) is 0 Å². The van der Waals surface area contributed by atoms with E-state index in [-0.39, 0.29) is 0 Å². The average molecular weight is 374 g/mol. The Morgan fingerprint density at radius 3 is 2.87 bits per heavy atom. The van der Waals surface area contributed by atoms with Gasteiger partial charge < -0.3 is 10.1 Å². The van der Waals surface area contributed by atoms with Gasteiger partial charge in [-0.05, 0) is 43.5 Å². The summed E-state index contributed by atoms with van der Waals surface area (Å²) in [5.41, 5.74) is 3.51. The van der Waals surface area contributed by atoms with Crippen LogP contribution in [0.4, 0.5) is 0 Å². The molecule has 120 valence electrons. The smallest absolute Gasteiger partial charge is 0.220 e. The zero-order valence-electron chi connectivity index (χ0n) is 13.0. The summed E-state index contributed by atoms with van der Waals surface area (Å²) >= 11 is 3.51. The van der Waals surface area contributed by atoms with Crippen molar-refractivity contribution in [3.63, 3.8) is 0 Å². The lowest BCUT2D eigenvalue weighted by atomic mass is 10.1. The van der Waals surface area contributed by atoms with Gasteiger partial charge in [0.05, 0.1) is 5.69 Å². The van der Waals surface area contributed by atoms with E-state index in [4.69, 9.17) is 14.7 Å². The first-order chi connectivity index (χ1) is 11.3. The summed E-state index contributed by atoms with van der Waals surface area (Å²) in [6.07, 6.45) is 4.32. The molecule has 2 aromatic rings. The fraction of sp³-hybridized carbons (Fsp3) is 0.444. The molecule has 1 aliphatic carbocycles. The summed E-state index contributed by atoms with van der Waals surface area (Å²) in [6, 6.07) is 8.22. The first-order valence-corrected chi connectivity index (χ1v) is 9.06. The van der Waals surface area contributed by atoms with Crippen molar-refractivity contribution in [2.24, 2.45) is 0 Å². The van der Waals surface area contributed by atoms with Crippen molar-refractivity contribution in [3.05, 3.63) is 51.4 Å². The minimum Gasteiger partial charge on any atom is -0.473 e. The van der Waals surface area contributed by atoms with E-state index in [1.165, 1.54) is 24.1 Å². The molecule has 1 aliphatic heterocycles. The number of halogens is 1. The molecule has 0 radical (unpaired) electrons. The van der Waals surface area contributed by atoms with E-state index in [1.54, 1.807) is 0 Å². The number of ether oxygens (including phenoxy) is 1. The second-order valence-corrected chi connectivity index (χ2v) is 7.17. The van der Waals surface area contributed by atoms with E-state index in [1.807, 2.05) is 12.1 Å². The standard InChI is InChI=1S/C18H20BrN3O/c19-14-3-1-2-12(10-14)11-23-18-15-6-8-20-9-7-16(15)21-17(22-18)13-4-5-13/h1-3,10,13,20H,4-9,11H2. The van der Waals surface area contributed by atoms with Crippen LogP contribution in [0.2, 0.25) is 0 Å². The van der Waals surface area contributed by atoms with Crippen molar-refractivity contribution in [1.82, 2.24) is 15.3 Å². The maximum absolute atomic E-state index is 6.12. The van der Waals surface area contributed by atoms with Crippen molar-refractivity contribution in [2.75, 3.05) is 13.1 Å². The number of rotatable bonds is 4. The van der Waals surface area contributed by atoms with Gasteiger partial charge in [-0.2, -0.15) is 4.98 Å². The molecule has 0 spiro atoms. The number of benzene rings is 1. The van der Waals surface area contributed by atoms with Crippen molar-refractivity contribution in [1.29, 1.82) is 0 Å². The third kappa shape index (κ3) is 3.56. The summed E-state index contributed by atoms with van der Waals surface area (Å²) in [6.45, 7) is 2.49. The topological polar surface area (TPSA) is 47.0 Å². The van der Waals surface area contributed by atoms with Crippen LogP contribution in [0, 0.1) is 0 Å². The maximum atomic E-state index is 6.12. The predicted molar refractivity (Wildman–Crippen MR) is 92.8 cm³/mol. The van der Waals surface area contributed by atoms with E-state index in [0.29, 0.717) is 12.5 Å². The van der Waals surface area contributed by atoms with Crippen molar-refractivity contribution in [3.8, 4) is 5.88 Å². The van der Waals surface area contributed by atoms with E-state index in [0.717, 1.165) is 47.7 Å². The normalized spacial score (nSPS) is 17.4. The lowest BCUT2D eigenvalue weighted by molar-refractivity contribution is 0.288. The second kappa shape index (κ2) is 6.57. The molecule has 2 heterocycles. The molecule has 0 atom stereocenters. The quantitative estimate of drug-likeness (QED) is 0.892. The lowest BCUT2D eigenvalue weighted by Gasteiger charge is -2.14. The summed E-state index contributed by atoms with van der Waals surface area (Å²) in [5.74, 6) is 2.32. The third-order valence-electron chi connectivity index (χ3n) is 4.37. The Kier molecular flexibility index (Phi) is 4.31. The first-order valence-electron chi connectivity index (χ1n) is 8.27. The molecular weight excluding hydrogens is 354 g/mol.